The number of benzene rings is 1. The molecule has 0 amide bonds. The van der Waals surface area contributed by atoms with Crippen LogP contribution < -0.4 is 0 Å². The highest BCUT2D eigenvalue weighted by Gasteiger charge is 2.57. The van der Waals surface area contributed by atoms with Gasteiger partial charge in [0.15, 0.2) is 5.79 Å². The predicted octanol–water partition coefficient (Wildman–Crippen LogP) is 8.54. The van der Waals surface area contributed by atoms with Crippen LogP contribution in [0, 0.1) is 28.6 Å². The van der Waals surface area contributed by atoms with Crippen LogP contribution in [0.15, 0.2) is 58.5 Å². The molecule has 0 aromatic heterocycles. The molecule has 1 N–H and O–H groups in total. The molecule has 1 spiro atoms. The summed E-state index contributed by atoms with van der Waals surface area (Å²) in [4.78, 5) is 4.56. The molecule has 222 valence electrons. The second kappa shape index (κ2) is 11.4. The van der Waals surface area contributed by atoms with Gasteiger partial charge in [0.05, 0.1) is 30.9 Å². The third kappa shape index (κ3) is 5.69. The number of hydrogen-bond acceptors (Lipinski definition) is 5. The van der Waals surface area contributed by atoms with Crippen molar-refractivity contribution in [3.8, 4) is 0 Å². The van der Waals surface area contributed by atoms with Gasteiger partial charge in [-0.25, -0.2) is 0 Å². The molecule has 41 heavy (non-hydrogen) atoms. The fourth-order valence-corrected chi connectivity index (χ4v) is 9.26. The lowest BCUT2D eigenvalue weighted by molar-refractivity contribution is -0.312. The van der Waals surface area contributed by atoms with E-state index in [1.807, 2.05) is 12.3 Å². The summed E-state index contributed by atoms with van der Waals surface area (Å²) in [6.07, 6.45) is 12.8. The van der Waals surface area contributed by atoms with Crippen LogP contribution in [0.4, 0.5) is 0 Å². The molecule has 6 atom stereocenters. The van der Waals surface area contributed by atoms with Crippen LogP contribution in [0.3, 0.4) is 0 Å². The van der Waals surface area contributed by atoms with E-state index < -0.39 is 0 Å². The zero-order valence-corrected chi connectivity index (χ0v) is 26.3. The zero-order valence-electron chi connectivity index (χ0n) is 25.5. The first-order chi connectivity index (χ1) is 19.6. The minimum absolute atomic E-state index is 0.00117. The highest BCUT2D eigenvalue weighted by Crippen LogP contribution is 2.65. The van der Waals surface area contributed by atoms with Crippen LogP contribution in [0.5, 0.6) is 0 Å². The summed E-state index contributed by atoms with van der Waals surface area (Å²) < 4.78 is 13.0. The maximum Gasteiger partial charge on any atom is 0.169 e. The number of fused-ring (bicyclic) bond motifs is 4. The Morgan fingerprint density at radius 1 is 1.07 bits per heavy atom. The van der Waals surface area contributed by atoms with Gasteiger partial charge in [0.1, 0.15) is 0 Å². The van der Waals surface area contributed by atoms with Crippen LogP contribution in [0.25, 0.3) is 6.08 Å². The van der Waals surface area contributed by atoms with Crippen molar-refractivity contribution in [2.24, 2.45) is 33.6 Å². The van der Waals surface area contributed by atoms with Gasteiger partial charge in [-0.1, -0.05) is 86.7 Å². The van der Waals surface area contributed by atoms with E-state index in [2.05, 4.69) is 68.8 Å². The molecule has 1 aromatic rings. The number of ether oxygens (including phenoxy) is 2. The molecule has 0 radical (unpaired) electrons. The molecular weight excluding hydrogens is 526 g/mol. The third-order valence-electron chi connectivity index (χ3n) is 11.1. The summed E-state index contributed by atoms with van der Waals surface area (Å²) in [6, 6.07) is 9.24. The third-order valence-corrected chi connectivity index (χ3v) is 11.7. The average Bonchev–Trinajstić information content (AvgIpc) is 3.26. The normalized spacial score (nSPS) is 36.2. The number of hydrogen-bond donors (Lipinski definition) is 1. The molecule has 1 saturated heterocycles. The van der Waals surface area contributed by atoms with E-state index in [9.17, 15) is 5.11 Å². The van der Waals surface area contributed by atoms with Crippen LogP contribution in [0.1, 0.15) is 96.1 Å². The number of aliphatic hydroxyl groups excluding tert-OH is 1. The van der Waals surface area contributed by atoms with Crippen molar-refractivity contribution in [2.75, 3.05) is 19.8 Å². The predicted molar refractivity (Wildman–Crippen MR) is 171 cm³/mol. The second-order valence-corrected chi connectivity index (χ2v) is 15.6. The molecule has 5 heteroatoms. The van der Waals surface area contributed by atoms with E-state index in [4.69, 9.17) is 9.47 Å². The van der Waals surface area contributed by atoms with E-state index in [0.717, 1.165) is 50.4 Å². The van der Waals surface area contributed by atoms with Crippen LogP contribution in [0.2, 0.25) is 0 Å². The van der Waals surface area contributed by atoms with Gasteiger partial charge in [-0.3, -0.25) is 4.99 Å². The van der Waals surface area contributed by atoms with E-state index in [0.29, 0.717) is 30.2 Å². The number of aliphatic hydroxyl groups is 1. The Bertz CT molecular complexity index is 1220. The van der Waals surface area contributed by atoms with Gasteiger partial charge in [0, 0.05) is 24.2 Å². The van der Waals surface area contributed by atoms with Crippen LogP contribution in [-0.2, 0) is 9.47 Å². The molecule has 6 unspecified atom stereocenters. The Morgan fingerprint density at radius 3 is 2.56 bits per heavy atom. The van der Waals surface area contributed by atoms with Crippen molar-refractivity contribution < 1.29 is 14.6 Å². The number of allylic oxidation sites excluding steroid dienone is 2. The zero-order chi connectivity index (χ0) is 28.8. The van der Waals surface area contributed by atoms with Gasteiger partial charge < -0.3 is 14.6 Å². The van der Waals surface area contributed by atoms with Gasteiger partial charge in [-0.05, 0) is 85.2 Å². The molecule has 3 saturated carbocycles. The molecule has 0 bridgehead atoms. The summed E-state index contributed by atoms with van der Waals surface area (Å²) in [5, 5.41) is 14.1. The number of rotatable bonds is 5. The molecule has 5 aliphatic rings. The quantitative estimate of drug-likeness (QED) is 0.217. The SMILES string of the molecule is C=CSC(C)=NC/C=C/c1ccc(C2CC3(C)C(O)CCC3C3CCC4CC5(CCC4=C23)OCC(C)(C)CO5)cc1. The first-order valence-corrected chi connectivity index (χ1v) is 16.7. The van der Waals surface area contributed by atoms with Gasteiger partial charge in [0.2, 0.25) is 0 Å². The van der Waals surface area contributed by atoms with Crippen molar-refractivity contribution in [1.82, 2.24) is 0 Å². The fraction of sp³-hybridized carbons (Fsp3) is 0.639. The smallest absolute Gasteiger partial charge is 0.169 e. The Hall–Kier alpha value is -1.66. The summed E-state index contributed by atoms with van der Waals surface area (Å²) in [5.41, 5.74) is 6.17. The molecular formula is C36H49NO3S. The van der Waals surface area contributed by atoms with Crippen molar-refractivity contribution in [3.05, 3.63) is 64.6 Å². The lowest BCUT2D eigenvalue weighted by Crippen LogP contribution is -2.52. The van der Waals surface area contributed by atoms with Gasteiger partial charge in [-0.2, -0.15) is 0 Å². The molecule has 1 aromatic carbocycles. The van der Waals surface area contributed by atoms with Gasteiger partial charge >= 0.3 is 0 Å². The first kappa shape index (κ1) is 29.4. The monoisotopic (exact) mass is 575 g/mol. The first-order valence-electron chi connectivity index (χ1n) is 15.9. The lowest BCUT2D eigenvalue weighted by atomic mass is 9.52. The van der Waals surface area contributed by atoms with Crippen LogP contribution >= 0.6 is 11.8 Å². The number of thioether (sulfide) groups is 1. The summed E-state index contributed by atoms with van der Waals surface area (Å²) in [5.74, 6) is 1.74. The van der Waals surface area contributed by atoms with Gasteiger partial charge in [-0.15, -0.1) is 0 Å². The Balaban J connectivity index is 1.27. The van der Waals surface area contributed by atoms with Crippen molar-refractivity contribution in [1.29, 1.82) is 0 Å². The standard InChI is InChI=1S/C36H49NO3S/c1-6-41-24(2)37-19-7-8-25-9-11-26(12-10-25)30-21-35(5)31(15-16-32(35)38)29-14-13-27-20-36(18-17-28(27)33(29)30)39-22-34(3,4)23-40-36/h6-12,27,29-32,38H,1,13-23H2,2-5H3/b8-7+,37-24?. The molecule has 1 aliphatic heterocycles. The lowest BCUT2D eigenvalue weighted by Gasteiger charge is -2.55. The van der Waals surface area contributed by atoms with Crippen molar-refractivity contribution >= 4 is 22.9 Å². The minimum atomic E-state index is -0.389. The average molecular weight is 576 g/mol. The van der Waals surface area contributed by atoms with Crippen molar-refractivity contribution in [3.63, 3.8) is 0 Å². The summed E-state index contributed by atoms with van der Waals surface area (Å²) in [7, 11) is 0. The Labute approximate surface area is 251 Å². The van der Waals surface area contributed by atoms with E-state index >= 15 is 0 Å². The molecule has 4 nitrogen and oxygen atoms in total. The van der Waals surface area contributed by atoms with E-state index in [1.165, 1.54) is 30.4 Å². The van der Waals surface area contributed by atoms with E-state index in [1.54, 1.807) is 22.9 Å². The minimum Gasteiger partial charge on any atom is -0.393 e. The molecule has 6 rings (SSSR count). The number of nitrogens with zero attached hydrogens (tertiary/aromatic N) is 1. The largest absolute Gasteiger partial charge is 0.393 e. The highest BCUT2D eigenvalue weighted by atomic mass is 32.2. The summed E-state index contributed by atoms with van der Waals surface area (Å²) in [6.45, 7) is 14.9. The molecule has 1 heterocycles. The summed E-state index contributed by atoms with van der Waals surface area (Å²) >= 11 is 1.57. The Morgan fingerprint density at radius 2 is 1.83 bits per heavy atom. The Kier molecular flexibility index (Phi) is 8.21. The maximum absolute atomic E-state index is 11.2. The number of aliphatic imine (C=N–C) groups is 1. The highest BCUT2D eigenvalue weighted by molar-refractivity contribution is 8.16. The van der Waals surface area contributed by atoms with E-state index in [-0.39, 0.29) is 22.7 Å². The van der Waals surface area contributed by atoms with Crippen molar-refractivity contribution in [2.45, 2.75) is 96.9 Å². The second-order valence-electron chi connectivity index (χ2n) is 14.4. The molecule has 4 aliphatic carbocycles. The fourth-order valence-electron chi connectivity index (χ4n) is 8.87. The van der Waals surface area contributed by atoms with Crippen LogP contribution in [-0.4, -0.2) is 41.8 Å². The molecule has 4 fully saturated rings. The van der Waals surface area contributed by atoms with Gasteiger partial charge in [0.25, 0.3) is 0 Å². The topological polar surface area (TPSA) is 51.1 Å². The maximum atomic E-state index is 11.2.